The molecule has 1 aromatic heterocycles. The Kier molecular flexibility index (Phi) is 4.09. The standard InChI is InChI=1S/C11H17N3O/c1-3-4-7-14(2)11(15)9-8-13-6-5-10(9)12/h5-6,8H,3-4,7H2,1-2H3,(H2,12,13). The minimum absolute atomic E-state index is 0.0611. The number of hydrogen-bond acceptors (Lipinski definition) is 3. The Morgan fingerprint density at radius 1 is 1.60 bits per heavy atom. The zero-order chi connectivity index (χ0) is 11.3. The molecule has 0 aromatic carbocycles. The molecule has 2 N–H and O–H groups in total. The number of anilines is 1. The third-order valence-electron chi connectivity index (χ3n) is 2.28. The predicted octanol–water partition coefficient (Wildman–Crippen LogP) is 1.54. The second-order valence-electron chi connectivity index (χ2n) is 3.54. The van der Waals surface area contributed by atoms with Crippen molar-refractivity contribution in [2.75, 3.05) is 19.3 Å². The van der Waals surface area contributed by atoms with Gasteiger partial charge in [0.1, 0.15) is 0 Å². The Morgan fingerprint density at radius 3 is 2.93 bits per heavy atom. The van der Waals surface area contributed by atoms with Gasteiger partial charge in [0, 0.05) is 31.7 Å². The molecule has 4 heteroatoms. The largest absolute Gasteiger partial charge is 0.398 e. The van der Waals surface area contributed by atoms with Gasteiger partial charge in [-0.05, 0) is 12.5 Å². The molecule has 15 heavy (non-hydrogen) atoms. The van der Waals surface area contributed by atoms with Crippen LogP contribution in [0.25, 0.3) is 0 Å². The number of carbonyl (C=O) groups is 1. The zero-order valence-corrected chi connectivity index (χ0v) is 9.23. The third-order valence-corrected chi connectivity index (χ3v) is 2.28. The van der Waals surface area contributed by atoms with Gasteiger partial charge in [-0.25, -0.2) is 0 Å². The molecule has 1 rings (SSSR count). The van der Waals surface area contributed by atoms with E-state index in [9.17, 15) is 4.79 Å². The lowest BCUT2D eigenvalue weighted by Gasteiger charge is -2.17. The van der Waals surface area contributed by atoms with E-state index < -0.39 is 0 Å². The number of carbonyl (C=O) groups excluding carboxylic acids is 1. The van der Waals surface area contributed by atoms with E-state index in [0.29, 0.717) is 11.3 Å². The van der Waals surface area contributed by atoms with E-state index in [2.05, 4.69) is 11.9 Å². The molecule has 0 fully saturated rings. The summed E-state index contributed by atoms with van der Waals surface area (Å²) in [6.45, 7) is 2.85. The lowest BCUT2D eigenvalue weighted by Crippen LogP contribution is -2.28. The first-order valence-electron chi connectivity index (χ1n) is 5.11. The molecular formula is C11H17N3O. The maximum atomic E-state index is 11.9. The van der Waals surface area contributed by atoms with Crippen LogP contribution in [0.5, 0.6) is 0 Å². The summed E-state index contributed by atoms with van der Waals surface area (Å²) in [5, 5.41) is 0. The van der Waals surface area contributed by atoms with Crippen molar-refractivity contribution in [3.8, 4) is 0 Å². The Hall–Kier alpha value is -1.58. The molecule has 0 radical (unpaired) electrons. The molecule has 0 aliphatic heterocycles. The summed E-state index contributed by atoms with van der Waals surface area (Å²) in [5.41, 5.74) is 6.67. The number of aromatic nitrogens is 1. The highest BCUT2D eigenvalue weighted by Gasteiger charge is 2.13. The van der Waals surface area contributed by atoms with Crippen molar-refractivity contribution in [2.24, 2.45) is 0 Å². The van der Waals surface area contributed by atoms with Gasteiger partial charge in [-0.3, -0.25) is 9.78 Å². The average Bonchev–Trinajstić information content (AvgIpc) is 2.25. The van der Waals surface area contributed by atoms with E-state index in [0.717, 1.165) is 19.4 Å². The number of unbranched alkanes of at least 4 members (excludes halogenated alkanes) is 1. The first-order chi connectivity index (χ1) is 7.16. The number of rotatable bonds is 4. The van der Waals surface area contributed by atoms with Crippen molar-refractivity contribution in [2.45, 2.75) is 19.8 Å². The SMILES string of the molecule is CCCCN(C)C(=O)c1cnccc1N. The quantitative estimate of drug-likeness (QED) is 0.814. The van der Waals surface area contributed by atoms with Crippen molar-refractivity contribution in [1.29, 1.82) is 0 Å². The van der Waals surface area contributed by atoms with E-state index in [-0.39, 0.29) is 5.91 Å². The minimum atomic E-state index is -0.0611. The maximum Gasteiger partial charge on any atom is 0.257 e. The van der Waals surface area contributed by atoms with Gasteiger partial charge >= 0.3 is 0 Å². The third kappa shape index (κ3) is 2.94. The average molecular weight is 207 g/mol. The topological polar surface area (TPSA) is 59.2 Å². The highest BCUT2D eigenvalue weighted by Crippen LogP contribution is 2.11. The molecule has 0 saturated heterocycles. The number of amides is 1. The van der Waals surface area contributed by atoms with Gasteiger partial charge in [-0.15, -0.1) is 0 Å². The Balaban J connectivity index is 2.72. The fourth-order valence-electron chi connectivity index (χ4n) is 1.29. The van der Waals surface area contributed by atoms with Crippen LogP contribution in [0.4, 0.5) is 5.69 Å². The van der Waals surface area contributed by atoms with Crippen molar-refractivity contribution >= 4 is 11.6 Å². The molecule has 4 nitrogen and oxygen atoms in total. The van der Waals surface area contributed by atoms with Crippen molar-refractivity contribution in [3.63, 3.8) is 0 Å². The normalized spacial score (nSPS) is 10.0. The van der Waals surface area contributed by atoms with E-state index >= 15 is 0 Å². The summed E-state index contributed by atoms with van der Waals surface area (Å²) >= 11 is 0. The Bertz CT molecular complexity index is 338. The van der Waals surface area contributed by atoms with Gasteiger partial charge in [0.2, 0.25) is 0 Å². The van der Waals surface area contributed by atoms with Crippen LogP contribution in [0.3, 0.4) is 0 Å². The molecule has 82 valence electrons. The molecule has 0 aliphatic rings. The smallest absolute Gasteiger partial charge is 0.257 e. The van der Waals surface area contributed by atoms with Crippen LogP contribution in [0.2, 0.25) is 0 Å². The molecule has 1 amide bonds. The number of nitrogen functional groups attached to an aromatic ring is 1. The van der Waals surface area contributed by atoms with Crippen molar-refractivity contribution < 1.29 is 4.79 Å². The molecule has 0 saturated carbocycles. The monoisotopic (exact) mass is 207 g/mol. The lowest BCUT2D eigenvalue weighted by atomic mass is 10.2. The van der Waals surface area contributed by atoms with E-state index in [4.69, 9.17) is 5.73 Å². The van der Waals surface area contributed by atoms with Crippen LogP contribution in [-0.2, 0) is 0 Å². The Morgan fingerprint density at radius 2 is 2.33 bits per heavy atom. The van der Waals surface area contributed by atoms with E-state index in [1.807, 2.05) is 0 Å². The fraction of sp³-hybridized carbons (Fsp3) is 0.455. The van der Waals surface area contributed by atoms with E-state index in [1.165, 1.54) is 6.20 Å². The molecule has 0 bridgehead atoms. The highest BCUT2D eigenvalue weighted by molar-refractivity contribution is 5.98. The van der Waals surface area contributed by atoms with Crippen LogP contribution in [0, 0.1) is 0 Å². The fourth-order valence-corrected chi connectivity index (χ4v) is 1.29. The van der Waals surface area contributed by atoms with Crippen LogP contribution in [0.1, 0.15) is 30.1 Å². The molecule has 0 atom stereocenters. The summed E-state index contributed by atoms with van der Waals surface area (Å²) < 4.78 is 0. The second kappa shape index (κ2) is 5.34. The molecule has 1 aromatic rings. The number of hydrogen-bond donors (Lipinski definition) is 1. The van der Waals surface area contributed by atoms with Gasteiger partial charge in [0.05, 0.1) is 5.56 Å². The molecular weight excluding hydrogens is 190 g/mol. The highest BCUT2D eigenvalue weighted by atomic mass is 16.2. The van der Waals surface area contributed by atoms with Gasteiger partial charge in [0.15, 0.2) is 0 Å². The Labute approximate surface area is 90.1 Å². The van der Waals surface area contributed by atoms with Crippen LogP contribution in [-0.4, -0.2) is 29.4 Å². The summed E-state index contributed by atoms with van der Waals surface area (Å²) in [4.78, 5) is 17.5. The maximum absolute atomic E-state index is 11.9. The molecule has 1 heterocycles. The second-order valence-corrected chi connectivity index (χ2v) is 3.54. The van der Waals surface area contributed by atoms with Gasteiger partial charge in [-0.1, -0.05) is 13.3 Å². The number of pyridine rings is 1. The van der Waals surface area contributed by atoms with E-state index in [1.54, 1.807) is 24.2 Å². The first kappa shape index (κ1) is 11.5. The van der Waals surface area contributed by atoms with Gasteiger partial charge in [-0.2, -0.15) is 0 Å². The number of nitrogens with zero attached hydrogens (tertiary/aromatic N) is 2. The summed E-state index contributed by atoms with van der Waals surface area (Å²) in [5.74, 6) is -0.0611. The molecule has 0 aliphatic carbocycles. The van der Waals surface area contributed by atoms with Crippen LogP contribution < -0.4 is 5.73 Å². The van der Waals surface area contributed by atoms with Crippen LogP contribution in [0.15, 0.2) is 18.5 Å². The summed E-state index contributed by atoms with van der Waals surface area (Å²) in [6.07, 6.45) is 5.17. The summed E-state index contributed by atoms with van der Waals surface area (Å²) in [6, 6.07) is 1.64. The van der Waals surface area contributed by atoms with Crippen molar-refractivity contribution in [3.05, 3.63) is 24.0 Å². The number of nitrogens with two attached hydrogens (primary N) is 1. The zero-order valence-electron chi connectivity index (χ0n) is 9.23. The predicted molar refractivity (Wildman–Crippen MR) is 60.5 cm³/mol. The molecule has 0 unspecified atom stereocenters. The van der Waals surface area contributed by atoms with Crippen LogP contribution >= 0.6 is 0 Å². The van der Waals surface area contributed by atoms with Crippen molar-refractivity contribution in [1.82, 2.24) is 9.88 Å². The van der Waals surface area contributed by atoms with Gasteiger partial charge in [0.25, 0.3) is 5.91 Å². The minimum Gasteiger partial charge on any atom is -0.398 e. The first-order valence-corrected chi connectivity index (χ1v) is 5.11. The lowest BCUT2D eigenvalue weighted by molar-refractivity contribution is 0.0794. The summed E-state index contributed by atoms with van der Waals surface area (Å²) in [7, 11) is 1.78. The van der Waals surface area contributed by atoms with Gasteiger partial charge < -0.3 is 10.6 Å². The molecule has 0 spiro atoms.